The monoisotopic (exact) mass is 471 g/mol. The minimum Gasteiger partial charge on any atom is -0.490 e. The van der Waals surface area contributed by atoms with Gasteiger partial charge < -0.3 is 14.8 Å². The number of benzene rings is 2. The van der Waals surface area contributed by atoms with E-state index in [-0.39, 0.29) is 5.91 Å². The Kier molecular flexibility index (Phi) is 6.72. The maximum absolute atomic E-state index is 12.6. The van der Waals surface area contributed by atoms with Crippen molar-refractivity contribution < 1.29 is 14.3 Å². The topological polar surface area (TPSA) is 65.4 Å². The minimum atomic E-state index is -0.306. The molecule has 0 bridgehead atoms. The molecule has 0 unspecified atom stereocenters. The number of fused-ring (bicyclic) bond motifs is 1. The van der Waals surface area contributed by atoms with Crippen molar-refractivity contribution in [2.45, 2.75) is 26.8 Å². The van der Waals surface area contributed by atoms with Crippen molar-refractivity contribution in [3.05, 3.63) is 75.0 Å². The molecule has 0 saturated heterocycles. The lowest BCUT2D eigenvalue weighted by Crippen LogP contribution is -2.08. The predicted octanol–water partition coefficient (Wildman–Crippen LogP) is 5.67. The molecular formula is C24H23Cl2N3O3. The van der Waals surface area contributed by atoms with E-state index in [1.54, 1.807) is 18.2 Å². The number of hydrogen-bond acceptors (Lipinski definition) is 4. The summed E-state index contributed by atoms with van der Waals surface area (Å²) in [5.74, 6) is 0.844. The molecule has 2 heterocycles. The Morgan fingerprint density at radius 2 is 1.84 bits per heavy atom. The summed E-state index contributed by atoms with van der Waals surface area (Å²) in [6.45, 7) is 5.56. The summed E-state index contributed by atoms with van der Waals surface area (Å²) in [7, 11) is 0. The van der Waals surface area contributed by atoms with E-state index >= 15 is 0 Å². The summed E-state index contributed by atoms with van der Waals surface area (Å²) in [6, 6.07) is 11.0. The van der Waals surface area contributed by atoms with Gasteiger partial charge in [0.2, 0.25) is 5.91 Å². The molecule has 0 fully saturated rings. The number of anilines is 1. The van der Waals surface area contributed by atoms with Gasteiger partial charge in [-0.2, -0.15) is 5.10 Å². The minimum absolute atomic E-state index is 0.306. The second kappa shape index (κ2) is 9.67. The molecule has 1 N–H and O–H groups in total. The fourth-order valence-corrected chi connectivity index (χ4v) is 3.90. The third-order valence-corrected chi connectivity index (χ3v) is 5.89. The van der Waals surface area contributed by atoms with Crippen LogP contribution in [0.15, 0.2) is 42.5 Å². The molecule has 0 spiro atoms. The molecule has 32 heavy (non-hydrogen) atoms. The number of carbonyl (C=O) groups is 1. The van der Waals surface area contributed by atoms with E-state index < -0.39 is 0 Å². The second-order valence-corrected chi connectivity index (χ2v) is 8.30. The number of hydrogen-bond donors (Lipinski definition) is 1. The molecule has 0 saturated carbocycles. The first-order valence-electron chi connectivity index (χ1n) is 10.3. The fourth-order valence-electron chi connectivity index (χ4n) is 3.51. The fraction of sp³-hybridized carbons (Fsp3) is 0.250. The van der Waals surface area contributed by atoms with Crippen LogP contribution >= 0.6 is 23.2 Å². The predicted molar refractivity (Wildman–Crippen MR) is 127 cm³/mol. The van der Waals surface area contributed by atoms with Gasteiger partial charge in [-0.05, 0) is 31.6 Å². The van der Waals surface area contributed by atoms with Gasteiger partial charge in [-0.1, -0.05) is 41.4 Å². The van der Waals surface area contributed by atoms with Gasteiger partial charge in [0.25, 0.3) is 0 Å². The van der Waals surface area contributed by atoms with Crippen molar-refractivity contribution in [1.82, 2.24) is 9.78 Å². The van der Waals surface area contributed by atoms with Crippen molar-refractivity contribution in [2.24, 2.45) is 0 Å². The number of nitrogens with one attached hydrogen (secondary N) is 1. The average molecular weight is 472 g/mol. The molecule has 1 aliphatic rings. The maximum Gasteiger partial charge on any atom is 0.248 e. The van der Waals surface area contributed by atoms with E-state index in [1.807, 2.05) is 42.8 Å². The van der Waals surface area contributed by atoms with Crippen LogP contribution in [-0.4, -0.2) is 28.9 Å². The van der Waals surface area contributed by atoms with E-state index in [1.165, 1.54) is 6.08 Å². The summed E-state index contributed by atoms with van der Waals surface area (Å²) < 4.78 is 13.2. The van der Waals surface area contributed by atoms with Gasteiger partial charge in [0.15, 0.2) is 11.5 Å². The average Bonchev–Trinajstić information content (AvgIpc) is 2.91. The zero-order chi connectivity index (χ0) is 22.7. The molecule has 0 aliphatic carbocycles. The summed E-state index contributed by atoms with van der Waals surface area (Å²) in [5.41, 5.74) is 4.11. The molecule has 4 rings (SSSR count). The van der Waals surface area contributed by atoms with Crippen LogP contribution in [0.3, 0.4) is 0 Å². The summed E-state index contributed by atoms with van der Waals surface area (Å²) in [6.07, 6.45) is 4.02. The van der Waals surface area contributed by atoms with Crippen LogP contribution in [0.1, 0.15) is 28.9 Å². The molecule has 1 aliphatic heterocycles. The van der Waals surface area contributed by atoms with Crippen molar-refractivity contribution in [3.63, 3.8) is 0 Å². The van der Waals surface area contributed by atoms with Gasteiger partial charge in [0.05, 0.1) is 36.2 Å². The first-order valence-corrected chi connectivity index (χ1v) is 11.0. The molecule has 0 atom stereocenters. The summed E-state index contributed by atoms with van der Waals surface area (Å²) >= 11 is 12.6. The summed E-state index contributed by atoms with van der Waals surface area (Å²) in [5, 5.41) is 8.49. The lowest BCUT2D eigenvalue weighted by molar-refractivity contribution is -0.111. The van der Waals surface area contributed by atoms with Crippen molar-refractivity contribution in [1.29, 1.82) is 0 Å². The lowest BCUT2D eigenvalue weighted by Gasteiger charge is -2.11. The number of carbonyl (C=O) groups excluding carboxylic acids is 1. The van der Waals surface area contributed by atoms with Crippen LogP contribution in [0.4, 0.5) is 5.69 Å². The van der Waals surface area contributed by atoms with E-state index in [4.69, 9.17) is 32.7 Å². The Labute approximate surface area is 196 Å². The van der Waals surface area contributed by atoms with Crippen LogP contribution in [0.2, 0.25) is 10.0 Å². The third kappa shape index (κ3) is 4.92. The van der Waals surface area contributed by atoms with Gasteiger partial charge in [-0.3, -0.25) is 9.48 Å². The largest absolute Gasteiger partial charge is 0.490 e. The highest BCUT2D eigenvalue weighted by molar-refractivity contribution is 6.34. The molecule has 6 nitrogen and oxygen atoms in total. The lowest BCUT2D eigenvalue weighted by atomic mass is 10.1. The molecule has 8 heteroatoms. The van der Waals surface area contributed by atoms with Gasteiger partial charge in [-0.25, -0.2) is 0 Å². The second-order valence-electron chi connectivity index (χ2n) is 7.49. The molecule has 2 aromatic carbocycles. The number of aryl methyl sites for hydroxylation is 1. The molecule has 1 amide bonds. The normalized spacial score (nSPS) is 13.2. The van der Waals surface area contributed by atoms with Crippen LogP contribution < -0.4 is 14.8 Å². The Morgan fingerprint density at radius 3 is 2.59 bits per heavy atom. The Hall–Kier alpha value is -2.96. The van der Waals surface area contributed by atoms with E-state index in [0.29, 0.717) is 47.0 Å². The smallest absolute Gasteiger partial charge is 0.248 e. The Bertz CT molecular complexity index is 1190. The number of aromatic nitrogens is 2. The highest BCUT2D eigenvalue weighted by Crippen LogP contribution is 2.37. The quantitative estimate of drug-likeness (QED) is 0.486. The van der Waals surface area contributed by atoms with Crippen molar-refractivity contribution >= 4 is 40.9 Å². The highest BCUT2D eigenvalue weighted by Gasteiger charge is 2.16. The SMILES string of the molecule is Cc1nn(Cc2ccccc2Cl)c(C)c1/C=C/C(=O)Nc1cc2c(cc1Cl)OCCCO2. The standard InChI is InChI=1S/C24H23Cl2N3O3/c1-15-18(16(2)29(28-15)14-17-6-3-4-7-19(17)25)8-9-24(30)27-21-13-23-22(12-20(21)26)31-10-5-11-32-23/h3-4,6-9,12-13H,5,10-11,14H2,1-2H3,(H,27,30)/b9-8+. The molecule has 0 radical (unpaired) electrons. The van der Waals surface area contributed by atoms with E-state index in [2.05, 4.69) is 10.4 Å². The number of amides is 1. The van der Waals surface area contributed by atoms with Crippen LogP contribution in [0.25, 0.3) is 6.08 Å². The maximum atomic E-state index is 12.6. The van der Waals surface area contributed by atoms with Gasteiger partial charge >= 0.3 is 0 Å². The van der Waals surface area contributed by atoms with E-state index in [0.717, 1.165) is 28.9 Å². The van der Waals surface area contributed by atoms with Crippen molar-refractivity contribution in [2.75, 3.05) is 18.5 Å². The van der Waals surface area contributed by atoms with Crippen LogP contribution in [-0.2, 0) is 11.3 Å². The molecular weight excluding hydrogens is 449 g/mol. The zero-order valence-electron chi connectivity index (χ0n) is 17.8. The van der Waals surface area contributed by atoms with Gasteiger partial charge in [0.1, 0.15) is 0 Å². The summed E-state index contributed by atoms with van der Waals surface area (Å²) in [4.78, 5) is 12.6. The first kappa shape index (κ1) is 22.2. The zero-order valence-corrected chi connectivity index (χ0v) is 19.3. The van der Waals surface area contributed by atoms with Crippen LogP contribution in [0, 0.1) is 13.8 Å². The highest BCUT2D eigenvalue weighted by atomic mass is 35.5. The third-order valence-electron chi connectivity index (χ3n) is 5.21. The molecule has 1 aromatic heterocycles. The van der Waals surface area contributed by atoms with E-state index in [9.17, 15) is 4.79 Å². The number of ether oxygens (including phenoxy) is 2. The Balaban J connectivity index is 1.49. The van der Waals surface area contributed by atoms with Crippen molar-refractivity contribution in [3.8, 4) is 11.5 Å². The van der Waals surface area contributed by atoms with Crippen LogP contribution in [0.5, 0.6) is 11.5 Å². The molecule has 166 valence electrons. The molecule has 3 aromatic rings. The number of halogens is 2. The Morgan fingerprint density at radius 1 is 1.12 bits per heavy atom. The number of nitrogens with zero attached hydrogens (tertiary/aromatic N) is 2. The van der Waals surface area contributed by atoms with Gasteiger partial charge in [0, 0.05) is 40.9 Å². The number of rotatable bonds is 5. The van der Waals surface area contributed by atoms with Gasteiger partial charge in [-0.15, -0.1) is 0 Å². The first-order chi connectivity index (χ1) is 15.4.